The van der Waals surface area contributed by atoms with Gasteiger partial charge in [-0.3, -0.25) is 0 Å². The van der Waals surface area contributed by atoms with Crippen LogP contribution in [-0.4, -0.2) is 13.6 Å². The molecule has 0 fully saturated rings. The highest BCUT2D eigenvalue weighted by atomic mass is 15.1. The fourth-order valence-corrected chi connectivity index (χ4v) is 2.33. The number of aryl methyl sites for hydroxylation is 1. The van der Waals surface area contributed by atoms with E-state index in [4.69, 9.17) is 0 Å². The first kappa shape index (κ1) is 12.0. The second kappa shape index (κ2) is 5.22. The molecule has 0 aliphatic heterocycles. The third-order valence-electron chi connectivity index (χ3n) is 3.28. The van der Waals surface area contributed by atoms with Crippen LogP contribution >= 0.6 is 0 Å². The van der Waals surface area contributed by atoms with Gasteiger partial charge in [-0.2, -0.15) is 0 Å². The second-order valence-electron chi connectivity index (χ2n) is 4.61. The molecule has 0 unspecified atom stereocenters. The van der Waals surface area contributed by atoms with Gasteiger partial charge in [0.2, 0.25) is 0 Å². The molecule has 1 heteroatoms. The van der Waals surface area contributed by atoms with Gasteiger partial charge in [0.05, 0.1) is 0 Å². The number of hydrogen-bond acceptors (Lipinski definition) is 1. The van der Waals surface area contributed by atoms with E-state index in [1.165, 1.54) is 28.4 Å². The minimum absolute atomic E-state index is 1.10. The summed E-state index contributed by atoms with van der Waals surface area (Å²) >= 11 is 0. The topological polar surface area (TPSA) is 3.24 Å². The standard InChI is InChI=1S/C16H21N/c1-4-10-17(3)16-12-13(5-2)11-14-8-6-7-9-15(14)16/h6-9,11-12H,4-5,10H2,1-3H3. The van der Waals surface area contributed by atoms with Crippen molar-refractivity contribution < 1.29 is 0 Å². The zero-order valence-electron chi connectivity index (χ0n) is 11.0. The van der Waals surface area contributed by atoms with Gasteiger partial charge in [0.15, 0.2) is 0 Å². The van der Waals surface area contributed by atoms with Crippen LogP contribution in [0.5, 0.6) is 0 Å². The van der Waals surface area contributed by atoms with Gasteiger partial charge in [0.25, 0.3) is 0 Å². The molecule has 0 bridgehead atoms. The summed E-state index contributed by atoms with van der Waals surface area (Å²) in [4.78, 5) is 2.36. The van der Waals surface area contributed by atoms with Gasteiger partial charge in [-0.15, -0.1) is 0 Å². The van der Waals surface area contributed by atoms with Crippen LogP contribution in [0.3, 0.4) is 0 Å². The summed E-state index contributed by atoms with van der Waals surface area (Å²) in [5, 5.41) is 2.71. The summed E-state index contributed by atoms with van der Waals surface area (Å²) in [6.07, 6.45) is 2.28. The highest BCUT2D eigenvalue weighted by Crippen LogP contribution is 2.28. The molecule has 2 aromatic rings. The molecule has 2 rings (SSSR count). The molecular weight excluding hydrogens is 206 g/mol. The van der Waals surface area contributed by atoms with Crippen LogP contribution < -0.4 is 4.90 Å². The summed E-state index contributed by atoms with van der Waals surface area (Å²) in [7, 11) is 2.19. The third kappa shape index (κ3) is 2.44. The van der Waals surface area contributed by atoms with E-state index in [0.29, 0.717) is 0 Å². The monoisotopic (exact) mass is 227 g/mol. The summed E-state index contributed by atoms with van der Waals surface area (Å²) in [5.41, 5.74) is 2.78. The Morgan fingerprint density at radius 2 is 1.82 bits per heavy atom. The molecule has 0 radical (unpaired) electrons. The molecule has 0 spiro atoms. The van der Waals surface area contributed by atoms with Gasteiger partial charge in [-0.25, -0.2) is 0 Å². The zero-order valence-corrected chi connectivity index (χ0v) is 11.0. The average Bonchev–Trinajstić information content (AvgIpc) is 2.37. The van der Waals surface area contributed by atoms with Gasteiger partial charge in [0.1, 0.15) is 0 Å². The third-order valence-corrected chi connectivity index (χ3v) is 3.28. The Bertz CT molecular complexity index is 502. The van der Waals surface area contributed by atoms with Crippen LogP contribution in [-0.2, 0) is 6.42 Å². The van der Waals surface area contributed by atoms with Crippen molar-refractivity contribution in [2.24, 2.45) is 0 Å². The quantitative estimate of drug-likeness (QED) is 0.754. The molecule has 0 N–H and O–H groups in total. The van der Waals surface area contributed by atoms with E-state index in [-0.39, 0.29) is 0 Å². The number of anilines is 1. The molecule has 2 aromatic carbocycles. The molecule has 0 aromatic heterocycles. The molecule has 0 atom stereocenters. The highest BCUT2D eigenvalue weighted by Gasteiger charge is 2.06. The molecule has 90 valence electrons. The van der Waals surface area contributed by atoms with Gasteiger partial charge >= 0.3 is 0 Å². The number of nitrogens with zero attached hydrogens (tertiary/aromatic N) is 1. The Balaban J connectivity index is 2.58. The van der Waals surface area contributed by atoms with Gasteiger partial charge in [-0.1, -0.05) is 44.2 Å². The van der Waals surface area contributed by atoms with Crippen molar-refractivity contribution in [2.45, 2.75) is 26.7 Å². The van der Waals surface area contributed by atoms with Crippen LogP contribution in [0, 0.1) is 0 Å². The van der Waals surface area contributed by atoms with Crippen LogP contribution in [0.2, 0.25) is 0 Å². The largest absolute Gasteiger partial charge is 0.374 e. The van der Waals surface area contributed by atoms with Gasteiger partial charge in [0, 0.05) is 24.7 Å². The number of hydrogen-bond donors (Lipinski definition) is 0. The first-order valence-corrected chi connectivity index (χ1v) is 6.49. The van der Waals surface area contributed by atoms with Crippen molar-refractivity contribution in [1.82, 2.24) is 0 Å². The lowest BCUT2D eigenvalue weighted by Gasteiger charge is -2.21. The fourth-order valence-electron chi connectivity index (χ4n) is 2.33. The average molecular weight is 227 g/mol. The lowest BCUT2D eigenvalue weighted by Crippen LogP contribution is -2.18. The first-order chi connectivity index (χ1) is 8.26. The van der Waals surface area contributed by atoms with Gasteiger partial charge in [-0.05, 0) is 29.9 Å². The van der Waals surface area contributed by atoms with Crippen molar-refractivity contribution in [2.75, 3.05) is 18.5 Å². The Labute approximate surface area is 104 Å². The smallest absolute Gasteiger partial charge is 0.0446 e. The number of rotatable bonds is 4. The van der Waals surface area contributed by atoms with Gasteiger partial charge < -0.3 is 4.90 Å². The predicted octanol–water partition coefficient (Wildman–Crippen LogP) is 4.25. The fraction of sp³-hybridized carbons (Fsp3) is 0.375. The lowest BCUT2D eigenvalue weighted by atomic mass is 10.0. The molecule has 0 saturated heterocycles. The maximum atomic E-state index is 2.36. The molecule has 0 saturated carbocycles. The van der Waals surface area contributed by atoms with Crippen LogP contribution in [0.15, 0.2) is 36.4 Å². The van der Waals surface area contributed by atoms with E-state index in [1.54, 1.807) is 0 Å². The molecule has 0 aliphatic carbocycles. The van der Waals surface area contributed by atoms with E-state index in [1.807, 2.05) is 0 Å². The maximum Gasteiger partial charge on any atom is 0.0446 e. The lowest BCUT2D eigenvalue weighted by molar-refractivity contribution is 0.854. The summed E-state index contributed by atoms with van der Waals surface area (Å²) in [6, 6.07) is 13.3. The molecule has 0 amide bonds. The van der Waals surface area contributed by atoms with E-state index in [2.05, 4.69) is 62.2 Å². The maximum absolute atomic E-state index is 2.36. The van der Waals surface area contributed by atoms with Crippen LogP contribution in [0.4, 0.5) is 5.69 Å². The van der Waals surface area contributed by atoms with Crippen LogP contribution in [0.1, 0.15) is 25.8 Å². The molecule has 17 heavy (non-hydrogen) atoms. The number of fused-ring (bicyclic) bond motifs is 1. The van der Waals surface area contributed by atoms with E-state index in [9.17, 15) is 0 Å². The Hall–Kier alpha value is -1.50. The minimum atomic E-state index is 1.10. The minimum Gasteiger partial charge on any atom is -0.374 e. The van der Waals surface area contributed by atoms with Crippen molar-refractivity contribution in [3.8, 4) is 0 Å². The van der Waals surface area contributed by atoms with E-state index in [0.717, 1.165) is 13.0 Å². The number of benzene rings is 2. The second-order valence-corrected chi connectivity index (χ2v) is 4.61. The molecule has 1 nitrogen and oxygen atoms in total. The van der Waals surface area contributed by atoms with Crippen molar-refractivity contribution >= 4 is 16.5 Å². The van der Waals surface area contributed by atoms with Crippen LogP contribution in [0.25, 0.3) is 10.8 Å². The summed E-state index contributed by atoms with van der Waals surface area (Å²) in [6.45, 7) is 5.55. The molecular formula is C16H21N. The van der Waals surface area contributed by atoms with Crippen molar-refractivity contribution in [3.63, 3.8) is 0 Å². The summed E-state index contributed by atoms with van der Waals surface area (Å²) < 4.78 is 0. The first-order valence-electron chi connectivity index (χ1n) is 6.49. The Kier molecular flexibility index (Phi) is 3.68. The Morgan fingerprint density at radius 1 is 1.06 bits per heavy atom. The SMILES string of the molecule is CCCN(C)c1cc(CC)cc2ccccc12. The van der Waals surface area contributed by atoms with Crippen molar-refractivity contribution in [1.29, 1.82) is 0 Å². The molecule has 0 aliphatic rings. The highest BCUT2D eigenvalue weighted by molar-refractivity contribution is 5.95. The zero-order chi connectivity index (χ0) is 12.3. The van der Waals surface area contributed by atoms with E-state index >= 15 is 0 Å². The molecule has 0 heterocycles. The summed E-state index contributed by atoms with van der Waals surface area (Å²) in [5.74, 6) is 0. The van der Waals surface area contributed by atoms with Crippen molar-refractivity contribution in [3.05, 3.63) is 42.0 Å². The Morgan fingerprint density at radius 3 is 2.53 bits per heavy atom. The normalized spacial score (nSPS) is 10.8. The van der Waals surface area contributed by atoms with E-state index < -0.39 is 0 Å². The predicted molar refractivity (Wildman–Crippen MR) is 76.9 cm³/mol.